The third-order valence-electron chi connectivity index (χ3n) is 4.22. The van der Waals surface area contributed by atoms with Gasteiger partial charge in [0.1, 0.15) is 5.75 Å². The number of halogens is 1. The molecule has 0 aliphatic carbocycles. The molecule has 2 aromatic rings. The van der Waals surface area contributed by atoms with Crippen molar-refractivity contribution in [1.82, 2.24) is 9.78 Å². The Kier molecular flexibility index (Phi) is 7.98. The first kappa shape index (κ1) is 20.3. The molecule has 0 amide bonds. The number of carboxylic acids is 1. The van der Waals surface area contributed by atoms with Gasteiger partial charge in [-0.15, -0.1) is 0 Å². The maximum absolute atomic E-state index is 10.7. The predicted octanol–water partition coefficient (Wildman–Crippen LogP) is 4.87. The molecule has 1 aromatic heterocycles. The van der Waals surface area contributed by atoms with Crippen molar-refractivity contribution in [3.05, 3.63) is 46.2 Å². The van der Waals surface area contributed by atoms with Crippen LogP contribution in [0, 0.1) is 6.92 Å². The highest BCUT2D eigenvalue weighted by Gasteiger charge is 2.11. The van der Waals surface area contributed by atoms with E-state index in [0.29, 0.717) is 24.6 Å². The average Bonchev–Trinajstić information content (AvgIpc) is 2.94. The first-order valence-electron chi connectivity index (χ1n) is 9.16. The van der Waals surface area contributed by atoms with Gasteiger partial charge in [-0.25, -0.2) is 0 Å². The van der Waals surface area contributed by atoms with Crippen LogP contribution >= 0.6 is 11.6 Å². The summed E-state index contributed by atoms with van der Waals surface area (Å²) in [6.07, 6.45) is 5.15. The molecule has 0 spiro atoms. The van der Waals surface area contributed by atoms with Gasteiger partial charge in [-0.1, -0.05) is 37.8 Å². The number of rotatable bonds is 11. The van der Waals surface area contributed by atoms with E-state index in [9.17, 15) is 4.79 Å². The molecule has 1 aromatic carbocycles. The quantitative estimate of drug-likeness (QED) is 0.566. The fraction of sp³-hybridized carbons (Fsp3) is 0.500. The predicted molar refractivity (Wildman–Crippen MR) is 103 cm³/mol. The smallest absolute Gasteiger partial charge is 0.303 e. The molecule has 5 nitrogen and oxygen atoms in total. The highest BCUT2D eigenvalue weighted by atomic mass is 35.5. The molecule has 2 rings (SSSR count). The maximum Gasteiger partial charge on any atom is 0.303 e. The molecule has 1 N–H and O–H groups in total. The van der Waals surface area contributed by atoms with Crippen LogP contribution in [0.15, 0.2) is 24.3 Å². The first-order valence-corrected chi connectivity index (χ1v) is 9.53. The van der Waals surface area contributed by atoms with E-state index in [2.05, 4.69) is 12.0 Å². The molecule has 26 heavy (non-hydrogen) atoms. The second kappa shape index (κ2) is 10.2. The van der Waals surface area contributed by atoms with Gasteiger partial charge < -0.3 is 9.84 Å². The van der Waals surface area contributed by atoms with Gasteiger partial charge in [0.15, 0.2) is 0 Å². The lowest BCUT2D eigenvalue weighted by Crippen LogP contribution is -2.08. The molecule has 0 fully saturated rings. The van der Waals surface area contributed by atoms with E-state index < -0.39 is 5.97 Å². The number of aromatic nitrogens is 2. The van der Waals surface area contributed by atoms with E-state index in [1.165, 1.54) is 19.3 Å². The number of nitrogens with zero attached hydrogens (tertiary/aromatic N) is 2. The molecule has 0 aliphatic rings. The number of carbonyl (C=O) groups is 1. The van der Waals surface area contributed by atoms with Crippen LogP contribution in [0.3, 0.4) is 0 Å². The number of aryl methyl sites for hydroxylation is 2. The maximum atomic E-state index is 10.7. The normalized spacial score (nSPS) is 10.9. The van der Waals surface area contributed by atoms with Crippen LogP contribution in [0.4, 0.5) is 0 Å². The summed E-state index contributed by atoms with van der Waals surface area (Å²) in [4.78, 5) is 10.7. The van der Waals surface area contributed by atoms with E-state index in [1.807, 2.05) is 35.9 Å². The van der Waals surface area contributed by atoms with Gasteiger partial charge in [0, 0.05) is 22.7 Å². The molecule has 6 heteroatoms. The van der Waals surface area contributed by atoms with Gasteiger partial charge >= 0.3 is 5.97 Å². The summed E-state index contributed by atoms with van der Waals surface area (Å²) in [5.41, 5.74) is 2.75. The highest BCUT2D eigenvalue weighted by molar-refractivity contribution is 6.30. The first-order chi connectivity index (χ1) is 12.5. The topological polar surface area (TPSA) is 64.4 Å². The Morgan fingerprint density at radius 1 is 1.27 bits per heavy atom. The van der Waals surface area contributed by atoms with Gasteiger partial charge in [0.05, 0.1) is 25.3 Å². The lowest BCUT2D eigenvalue weighted by molar-refractivity contribution is -0.136. The summed E-state index contributed by atoms with van der Waals surface area (Å²) in [6.45, 7) is 5.39. The lowest BCUT2D eigenvalue weighted by Gasteiger charge is -2.13. The Hall–Kier alpha value is -2.01. The summed E-state index contributed by atoms with van der Waals surface area (Å²) in [5, 5.41) is 14.0. The van der Waals surface area contributed by atoms with Gasteiger partial charge in [-0.05, 0) is 37.6 Å². The molecule has 0 atom stereocenters. The number of aliphatic carboxylic acids is 1. The molecule has 0 saturated carbocycles. The zero-order valence-corrected chi connectivity index (χ0v) is 16.3. The molecule has 0 unspecified atom stereocenters. The molecule has 1 heterocycles. The minimum Gasteiger partial charge on any atom is -0.493 e. The van der Waals surface area contributed by atoms with Crippen LogP contribution in [0.25, 0.3) is 0 Å². The lowest BCUT2D eigenvalue weighted by atomic mass is 10.2. The molecule has 0 bridgehead atoms. The molecule has 0 saturated heterocycles. The van der Waals surface area contributed by atoms with Gasteiger partial charge in [-0.2, -0.15) is 5.10 Å². The van der Waals surface area contributed by atoms with Gasteiger partial charge in [0.2, 0.25) is 0 Å². The summed E-state index contributed by atoms with van der Waals surface area (Å²) in [6, 6.07) is 7.57. The van der Waals surface area contributed by atoms with Crippen molar-refractivity contribution in [1.29, 1.82) is 0 Å². The third kappa shape index (κ3) is 6.37. The highest BCUT2D eigenvalue weighted by Crippen LogP contribution is 2.25. The van der Waals surface area contributed by atoms with Crippen molar-refractivity contribution in [2.45, 2.75) is 58.9 Å². The molecule has 0 radical (unpaired) electrons. The van der Waals surface area contributed by atoms with Crippen molar-refractivity contribution in [2.24, 2.45) is 0 Å². The van der Waals surface area contributed by atoms with E-state index in [-0.39, 0.29) is 6.42 Å². The standard InChI is InChI=1S/C20H27ClN2O3/c1-3-4-5-6-11-26-19-9-7-17(21)13-16(19)14-23-15(2)12-18(22-23)8-10-20(24)25/h7,9,12-13H,3-6,8,10-11,14H2,1-2H3,(H,24,25). The minimum atomic E-state index is -0.814. The second-order valence-electron chi connectivity index (χ2n) is 6.49. The monoisotopic (exact) mass is 378 g/mol. The Balaban J connectivity index is 2.05. The van der Waals surface area contributed by atoms with Crippen LogP contribution in [-0.2, 0) is 17.8 Å². The number of hydrogen-bond acceptors (Lipinski definition) is 3. The average molecular weight is 379 g/mol. The fourth-order valence-electron chi connectivity index (χ4n) is 2.78. The van der Waals surface area contributed by atoms with E-state index >= 15 is 0 Å². The molecular formula is C20H27ClN2O3. The van der Waals surface area contributed by atoms with Gasteiger partial charge in [-0.3, -0.25) is 9.48 Å². The zero-order chi connectivity index (χ0) is 18.9. The summed E-state index contributed by atoms with van der Waals surface area (Å²) in [7, 11) is 0. The van der Waals surface area contributed by atoms with Crippen LogP contribution in [0.2, 0.25) is 5.02 Å². The fourth-order valence-corrected chi connectivity index (χ4v) is 2.98. The number of ether oxygens (including phenoxy) is 1. The third-order valence-corrected chi connectivity index (χ3v) is 4.46. The van der Waals surface area contributed by atoms with Crippen molar-refractivity contribution in [3.63, 3.8) is 0 Å². The SMILES string of the molecule is CCCCCCOc1ccc(Cl)cc1Cn1nc(CCC(=O)O)cc1C. The second-order valence-corrected chi connectivity index (χ2v) is 6.93. The van der Waals surface area contributed by atoms with Gasteiger partial charge in [0.25, 0.3) is 0 Å². The van der Waals surface area contributed by atoms with Crippen molar-refractivity contribution in [2.75, 3.05) is 6.61 Å². The van der Waals surface area contributed by atoms with Crippen molar-refractivity contribution < 1.29 is 14.6 Å². The summed E-state index contributed by atoms with van der Waals surface area (Å²) < 4.78 is 7.83. The summed E-state index contributed by atoms with van der Waals surface area (Å²) in [5.74, 6) is 0.0127. The number of benzene rings is 1. The Bertz CT molecular complexity index is 728. The minimum absolute atomic E-state index is 0.0831. The van der Waals surface area contributed by atoms with Crippen LogP contribution < -0.4 is 4.74 Å². The molecular weight excluding hydrogens is 352 g/mol. The van der Waals surface area contributed by atoms with Crippen LogP contribution in [0.5, 0.6) is 5.75 Å². The Labute approximate surface area is 159 Å². The van der Waals surface area contributed by atoms with E-state index in [1.54, 1.807) is 0 Å². The largest absolute Gasteiger partial charge is 0.493 e. The van der Waals surface area contributed by atoms with E-state index in [4.69, 9.17) is 21.4 Å². The van der Waals surface area contributed by atoms with Crippen LogP contribution in [-0.4, -0.2) is 27.5 Å². The number of unbranched alkanes of at least 4 members (excludes halogenated alkanes) is 3. The van der Waals surface area contributed by atoms with Crippen LogP contribution in [0.1, 0.15) is 56.0 Å². The Morgan fingerprint density at radius 2 is 2.08 bits per heavy atom. The zero-order valence-electron chi connectivity index (χ0n) is 15.5. The van der Waals surface area contributed by atoms with Crippen molar-refractivity contribution >= 4 is 17.6 Å². The summed E-state index contributed by atoms with van der Waals surface area (Å²) >= 11 is 6.16. The molecule has 142 valence electrons. The van der Waals surface area contributed by atoms with Crippen molar-refractivity contribution in [3.8, 4) is 5.75 Å². The number of hydrogen-bond donors (Lipinski definition) is 1. The van der Waals surface area contributed by atoms with E-state index in [0.717, 1.165) is 29.1 Å². The number of carboxylic acid groups (broad SMARTS) is 1. The Morgan fingerprint density at radius 3 is 2.81 bits per heavy atom. The molecule has 0 aliphatic heterocycles.